The largest absolute Gasteiger partial charge is 0.469 e. The molecule has 0 aliphatic heterocycles. The Morgan fingerprint density at radius 1 is 0.895 bits per heavy atom. The highest BCUT2D eigenvalue weighted by Crippen LogP contribution is 2.08. The van der Waals surface area contributed by atoms with Crippen LogP contribution in [0.5, 0.6) is 0 Å². The SMILES string of the molecule is C=CCCCC/C=C/CCCCCCCC(=O)OC. The number of carbonyl (C=O) groups is 1. The van der Waals surface area contributed by atoms with E-state index in [1.807, 2.05) is 6.08 Å². The first kappa shape index (κ1) is 17.9. The summed E-state index contributed by atoms with van der Waals surface area (Å²) >= 11 is 0. The van der Waals surface area contributed by atoms with Gasteiger partial charge in [-0.3, -0.25) is 4.79 Å². The quantitative estimate of drug-likeness (QED) is 0.260. The molecule has 0 aromatic heterocycles. The van der Waals surface area contributed by atoms with Crippen molar-refractivity contribution in [1.82, 2.24) is 0 Å². The number of rotatable bonds is 13. The zero-order chi connectivity index (χ0) is 14.2. The summed E-state index contributed by atoms with van der Waals surface area (Å²) in [6.07, 6.45) is 19.1. The molecule has 0 aliphatic rings. The van der Waals surface area contributed by atoms with Gasteiger partial charge in [-0.1, -0.05) is 37.5 Å². The Morgan fingerprint density at radius 2 is 1.42 bits per heavy atom. The fourth-order valence-electron chi connectivity index (χ4n) is 1.95. The van der Waals surface area contributed by atoms with E-state index >= 15 is 0 Å². The highest BCUT2D eigenvalue weighted by molar-refractivity contribution is 5.68. The Balaban J connectivity index is 3.11. The molecule has 0 rings (SSSR count). The maximum absolute atomic E-state index is 10.9. The number of unbranched alkanes of at least 4 members (excludes halogenated alkanes) is 8. The van der Waals surface area contributed by atoms with E-state index in [9.17, 15) is 4.79 Å². The van der Waals surface area contributed by atoms with Crippen LogP contribution in [0.25, 0.3) is 0 Å². The summed E-state index contributed by atoms with van der Waals surface area (Å²) < 4.78 is 4.60. The molecule has 0 atom stereocenters. The van der Waals surface area contributed by atoms with E-state index < -0.39 is 0 Å². The van der Waals surface area contributed by atoms with E-state index in [-0.39, 0.29) is 5.97 Å². The number of allylic oxidation sites excluding steroid dienone is 3. The molecule has 2 nitrogen and oxygen atoms in total. The molecule has 0 N–H and O–H groups in total. The van der Waals surface area contributed by atoms with E-state index in [2.05, 4.69) is 23.5 Å². The highest BCUT2D eigenvalue weighted by atomic mass is 16.5. The van der Waals surface area contributed by atoms with Crippen molar-refractivity contribution in [3.63, 3.8) is 0 Å². The van der Waals surface area contributed by atoms with E-state index in [0.29, 0.717) is 6.42 Å². The third-order valence-electron chi connectivity index (χ3n) is 3.18. The van der Waals surface area contributed by atoms with Gasteiger partial charge in [-0.25, -0.2) is 0 Å². The predicted molar refractivity (Wildman–Crippen MR) is 82.1 cm³/mol. The van der Waals surface area contributed by atoms with Crippen molar-refractivity contribution in [2.24, 2.45) is 0 Å². The van der Waals surface area contributed by atoms with Crippen LogP contribution in [0.4, 0.5) is 0 Å². The van der Waals surface area contributed by atoms with E-state index in [1.165, 1.54) is 52.1 Å². The van der Waals surface area contributed by atoms with Gasteiger partial charge < -0.3 is 4.74 Å². The monoisotopic (exact) mass is 266 g/mol. The number of hydrogen-bond donors (Lipinski definition) is 0. The molecule has 0 spiro atoms. The van der Waals surface area contributed by atoms with Crippen LogP contribution in [-0.4, -0.2) is 13.1 Å². The van der Waals surface area contributed by atoms with Crippen LogP contribution < -0.4 is 0 Å². The fourth-order valence-corrected chi connectivity index (χ4v) is 1.95. The summed E-state index contributed by atoms with van der Waals surface area (Å²) in [5.41, 5.74) is 0. The lowest BCUT2D eigenvalue weighted by atomic mass is 10.1. The van der Waals surface area contributed by atoms with Gasteiger partial charge in [-0.2, -0.15) is 0 Å². The molecular formula is C17H30O2. The smallest absolute Gasteiger partial charge is 0.305 e. The van der Waals surface area contributed by atoms with E-state index in [0.717, 1.165) is 19.3 Å². The zero-order valence-electron chi connectivity index (χ0n) is 12.5. The van der Waals surface area contributed by atoms with Gasteiger partial charge >= 0.3 is 5.97 Å². The minimum atomic E-state index is -0.0839. The molecule has 0 bridgehead atoms. The second-order valence-electron chi connectivity index (χ2n) is 4.93. The van der Waals surface area contributed by atoms with Crippen LogP contribution >= 0.6 is 0 Å². The Bertz CT molecular complexity index is 244. The molecule has 0 aromatic rings. The standard InChI is InChI=1S/C17H30O2/c1-3-4-5-6-7-8-9-10-11-12-13-14-15-16-17(18)19-2/h3,8-9H,1,4-7,10-16H2,2H3/b9-8+. The second kappa shape index (κ2) is 15.0. The maximum atomic E-state index is 10.9. The number of methoxy groups -OCH3 is 1. The van der Waals surface area contributed by atoms with Gasteiger partial charge in [0.25, 0.3) is 0 Å². The minimum Gasteiger partial charge on any atom is -0.469 e. The van der Waals surface area contributed by atoms with Crippen molar-refractivity contribution in [3.8, 4) is 0 Å². The second-order valence-corrected chi connectivity index (χ2v) is 4.93. The van der Waals surface area contributed by atoms with Crippen molar-refractivity contribution >= 4 is 5.97 Å². The summed E-state index contributed by atoms with van der Waals surface area (Å²) in [4.78, 5) is 10.9. The molecule has 110 valence electrons. The lowest BCUT2D eigenvalue weighted by Gasteiger charge is -2.00. The topological polar surface area (TPSA) is 26.3 Å². The first-order chi connectivity index (χ1) is 9.31. The number of hydrogen-bond acceptors (Lipinski definition) is 2. The molecule has 0 unspecified atom stereocenters. The molecule has 19 heavy (non-hydrogen) atoms. The zero-order valence-corrected chi connectivity index (χ0v) is 12.5. The predicted octanol–water partition coefficient (Wildman–Crippen LogP) is 5.19. The summed E-state index contributed by atoms with van der Waals surface area (Å²) in [5.74, 6) is -0.0839. The Hall–Kier alpha value is -1.05. The summed E-state index contributed by atoms with van der Waals surface area (Å²) in [6.45, 7) is 3.72. The molecule has 0 amide bonds. The van der Waals surface area contributed by atoms with Crippen LogP contribution in [0.1, 0.15) is 70.6 Å². The van der Waals surface area contributed by atoms with Crippen LogP contribution in [0, 0.1) is 0 Å². The van der Waals surface area contributed by atoms with E-state index in [4.69, 9.17) is 0 Å². The Labute approximate surface area is 118 Å². The van der Waals surface area contributed by atoms with Gasteiger partial charge in [0, 0.05) is 6.42 Å². The van der Waals surface area contributed by atoms with Crippen molar-refractivity contribution in [2.75, 3.05) is 7.11 Å². The third kappa shape index (κ3) is 14.9. The van der Waals surface area contributed by atoms with E-state index in [1.54, 1.807) is 0 Å². The molecule has 0 saturated heterocycles. The highest BCUT2D eigenvalue weighted by Gasteiger charge is 1.98. The van der Waals surface area contributed by atoms with Crippen LogP contribution in [0.15, 0.2) is 24.8 Å². The summed E-state index contributed by atoms with van der Waals surface area (Å²) in [6, 6.07) is 0. The van der Waals surface area contributed by atoms with Gasteiger partial charge in [0.2, 0.25) is 0 Å². The van der Waals surface area contributed by atoms with Gasteiger partial charge in [-0.15, -0.1) is 6.58 Å². The van der Waals surface area contributed by atoms with Gasteiger partial charge in [-0.05, 0) is 44.9 Å². The van der Waals surface area contributed by atoms with Crippen molar-refractivity contribution in [3.05, 3.63) is 24.8 Å². The van der Waals surface area contributed by atoms with Crippen molar-refractivity contribution < 1.29 is 9.53 Å². The number of esters is 1. The van der Waals surface area contributed by atoms with Crippen LogP contribution in [0.2, 0.25) is 0 Å². The molecular weight excluding hydrogens is 236 g/mol. The Morgan fingerprint density at radius 3 is 2.05 bits per heavy atom. The minimum absolute atomic E-state index is 0.0839. The molecule has 0 heterocycles. The van der Waals surface area contributed by atoms with Crippen LogP contribution in [-0.2, 0) is 9.53 Å². The summed E-state index contributed by atoms with van der Waals surface area (Å²) in [7, 11) is 1.45. The first-order valence-corrected chi connectivity index (χ1v) is 7.64. The molecule has 0 radical (unpaired) electrons. The van der Waals surface area contributed by atoms with Crippen LogP contribution in [0.3, 0.4) is 0 Å². The lowest BCUT2D eigenvalue weighted by Crippen LogP contribution is -1.98. The first-order valence-electron chi connectivity index (χ1n) is 7.64. The number of carbonyl (C=O) groups excluding carboxylic acids is 1. The van der Waals surface area contributed by atoms with Gasteiger partial charge in [0.05, 0.1) is 7.11 Å². The molecule has 0 aliphatic carbocycles. The average molecular weight is 266 g/mol. The maximum Gasteiger partial charge on any atom is 0.305 e. The fraction of sp³-hybridized carbons (Fsp3) is 0.706. The molecule has 2 heteroatoms. The van der Waals surface area contributed by atoms with Crippen molar-refractivity contribution in [2.45, 2.75) is 70.6 Å². The summed E-state index contributed by atoms with van der Waals surface area (Å²) in [5, 5.41) is 0. The molecule has 0 aromatic carbocycles. The third-order valence-corrected chi connectivity index (χ3v) is 3.18. The average Bonchev–Trinajstić information content (AvgIpc) is 2.43. The van der Waals surface area contributed by atoms with Gasteiger partial charge in [0.1, 0.15) is 0 Å². The molecule has 0 saturated carbocycles. The lowest BCUT2D eigenvalue weighted by molar-refractivity contribution is -0.140. The number of ether oxygens (including phenoxy) is 1. The van der Waals surface area contributed by atoms with Crippen molar-refractivity contribution in [1.29, 1.82) is 0 Å². The molecule has 0 fully saturated rings. The Kier molecular flexibility index (Phi) is 14.2. The normalized spacial score (nSPS) is 10.8. The van der Waals surface area contributed by atoms with Gasteiger partial charge in [0.15, 0.2) is 0 Å².